The number of carbonyl (C=O) groups excluding carboxylic acids is 2. The molecule has 0 aliphatic rings. The molecule has 18 heavy (non-hydrogen) atoms. The van der Waals surface area contributed by atoms with Gasteiger partial charge in [0.05, 0.1) is 11.4 Å². The van der Waals surface area contributed by atoms with Crippen molar-refractivity contribution >= 4 is 23.6 Å². The summed E-state index contributed by atoms with van der Waals surface area (Å²) in [5.41, 5.74) is 4.03. The Morgan fingerprint density at radius 3 is 2.56 bits per heavy atom. The standard InChI is InChI=1S/C11H23N3O3S/c1-11(17,8-14(2)3)7-13-10(16)4-5-18-6-9(12)15/h17H,4-8H2,1-3H3,(H2,12,15)(H,13,16). The zero-order valence-electron chi connectivity index (χ0n) is 11.2. The molecule has 6 nitrogen and oxygen atoms in total. The molecule has 0 fully saturated rings. The fourth-order valence-corrected chi connectivity index (χ4v) is 2.13. The van der Waals surface area contributed by atoms with E-state index in [9.17, 15) is 14.7 Å². The molecule has 0 aliphatic heterocycles. The highest BCUT2D eigenvalue weighted by Gasteiger charge is 2.21. The van der Waals surface area contributed by atoms with Gasteiger partial charge in [0, 0.05) is 25.3 Å². The van der Waals surface area contributed by atoms with Crippen molar-refractivity contribution in [3.8, 4) is 0 Å². The average Bonchev–Trinajstić information content (AvgIpc) is 2.19. The van der Waals surface area contributed by atoms with Crippen molar-refractivity contribution < 1.29 is 14.7 Å². The topological polar surface area (TPSA) is 95.7 Å². The molecular weight excluding hydrogens is 254 g/mol. The molecule has 0 spiro atoms. The Balaban J connectivity index is 3.72. The van der Waals surface area contributed by atoms with E-state index in [1.165, 1.54) is 11.8 Å². The Morgan fingerprint density at radius 1 is 1.44 bits per heavy atom. The van der Waals surface area contributed by atoms with E-state index in [0.717, 1.165) is 0 Å². The van der Waals surface area contributed by atoms with Gasteiger partial charge in [-0.3, -0.25) is 9.59 Å². The van der Waals surface area contributed by atoms with E-state index in [0.29, 0.717) is 18.7 Å². The van der Waals surface area contributed by atoms with Gasteiger partial charge in [0.2, 0.25) is 11.8 Å². The maximum Gasteiger partial charge on any atom is 0.227 e. The fraction of sp³-hybridized carbons (Fsp3) is 0.818. The van der Waals surface area contributed by atoms with Crippen LogP contribution >= 0.6 is 11.8 Å². The van der Waals surface area contributed by atoms with Gasteiger partial charge in [0.15, 0.2) is 0 Å². The Hall–Kier alpha value is -0.790. The minimum absolute atomic E-state index is 0.133. The highest BCUT2D eigenvalue weighted by molar-refractivity contribution is 7.99. The Kier molecular flexibility index (Phi) is 7.97. The molecule has 0 aromatic carbocycles. The largest absolute Gasteiger partial charge is 0.387 e. The molecule has 0 bridgehead atoms. The van der Waals surface area contributed by atoms with E-state index in [4.69, 9.17) is 5.73 Å². The number of likely N-dealkylation sites (N-methyl/N-ethyl adjacent to an activating group) is 1. The van der Waals surface area contributed by atoms with Crippen LogP contribution in [-0.4, -0.2) is 66.1 Å². The van der Waals surface area contributed by atoms with Gasteiger partial charge >= 0.3 is 0 Å². The summed E-state index contributed by atoms with van der Waals surface area (Å²) in [6, 6.07) is 0. The van der Waals surface area contributed by atoms with Crippen LogP contribution in [0.4, 0.5) is 0 Å². The minimum atomic E-state index is -0.945. The predicted octanol–water partition coefficient (Wildman–Crippen LogP) is -0.976. The Labute approximate surface area is 112 Å². The summed E-state index contributed by atoms with van der Waals surface area (Å²) >= 11 is 1.33. The Morgan fingerprint density at radius 2 is 2.06 bits per heavy atom. The van der Waals surface area contributed by atoms with E-state index in [2.05, 4.69) is 5.32 Å². The number of carbonyl (C=O) groups is 2. The van der Waals surface area contributed by atoms with E-state index >= 15 is 0 Å². The van der Waals surface area contributed by atoms with Crippen molar-refractivity contribution in [2.45, 2.75) is 18.9 Å². The van der Waals surface area contributed by atoms with Crippen LogP contribution in [0.2, 0.25) is 0 Å². The molecule has 7 heteroatoms. The molecule has 2 amide bonds. The molecule has 0 rings (SSSR count). The molecule has 0 saturated carbocycles. The Bertz CT molecular complexity index is 283. The van der Waals surface area contributed by atoms with Crippen LogP contribution in [0.25, 0.3) is 0 Å². The number of thioether (sulfide) groups is 1. The van der Waals surface area contributed by atoms with Gasteiger partial charge in [0.25, 0.3) is 0 Å². The first-order valence-corrected chi connectivity index (χ1v) is 6.88. The maximum atomic E-state index is 11.5. The second-order valence-corrected chi connectivity index (χ2v) is 5.89. The third-order valence-corrected chi connectivity index (χ3v) is 3.02. The quantitative estimate of drug-likeness (QED) is 0.471. The third kappa shape index (κ3) is 10.4. The second-order valence-electron chi connectivity index (χ2n) is 4.78. The minimum Gasteiger partial charge on any atom is -0.387 e. The number of nitrogens with zero attached hydrogens (tertiary/aromatic N) is 1. The molecular formula is C11H23N3O3S. The molecule has 106 valence electrons. The predicted molar refractivity (Wildman–Crippen MR) is 73.3 cm³/mol. The van der Waals surface area contributed by atoms with Gasteiger partial charge in [-0.05, 0) is 21.0 Å². The van der Waals surface area contributed by atoms with Crippen molar-refractivity contribution in [2.75, 3.05) is 38.7 Å². The number of aliphatic hydroxyl groups is 1. The van der Waals surface area contributed by atoms with E-state index < -0.39 is 5.60 Å². The first-order chi connectivity index (χ1) is 8.23. The zero-order chi connectivity index (χ0) is 14.2. The molecule has 1 unspecified atom stereocenters. The first-order valence-electron chi connectivity index (χ1n) is 5.73. The zero-order valence-corrected chi connectivity index (χ0v) is 12.0. The highest BCUT2D eigenvalue weighted by Crippen LogP contribution is 2.04. The third-order valence-electron chi connectivity index (χ3n) is 2.04. The van der Waals surface area contributed by atoms with E-state index in [1.54, 1.807) is 6.92 Å². The van der Waals surface area contributed by atoms with Gasteiger partial charge in [-0.25, -0.2) is 0 Å². The normalized spacial score (nSPS) is 14.3. The van der Waals surface area contributed by atoms with Crippen molar-refractivity contribution in [1.82, 2.24) is 10.2 Å². The van der Waals surface area contributed by atoms with Crippen LogP contribution in [0.15, 0.2) is 0 Å². The smallest absolute Gasteiger partial charge is 0.227 e. The van der Waals surface area contributed by atoms with Crippen molar-refractivity contribution in [3.05, 3.63) is 0 Å². The molecule has 0 aromatic rings. The summed E-state index contributed by atoms with van der Waals surface area (Å²) < 4.78 is 0. The lowest BCUT2D eigenvalue weighted by Crippen LogP contribution is -2.47. The number of hydrogen-bond acceptors (Lipinski definition) is 5. The number of nitrogens with one attached hydrogen (secondary N) is 1. The van der Waals surface area contributed by atoms with E-state index in [-0.39, 0.29) is 24.1 Å². The molecule has 1 atom stereocenters. The van der Waals surface area contributed by atoms with Gasteiger partial charge in [-0.15, -0.1) is 0 Å². The molecule has 0 saturated heterocycles. The van der Waals surface area contributed by atoms with Gasteiger partial charge in [-0.2, -0.15) is 11.8 Å². The molecule has 0 aromatic heterocycles. The summed E-state index contributed by atoms with van der Waals surface area (Å²) in [6.45, 7) is 2.36. The second kappa shape index (κ2) is 8.34. The number of nitrogens with two attached hydrogens (primary N) is 1. The summed E-state index contributed by atoms with van der Waals surface area (Å²) in [6.07, 6.45) is 0.315. The van der Waals surface area contributed by atoms with Crippen molar-refractivity contribution in [3.63, 3.8) is 0 Å². The summed E-state index contributed by atoms with van der Waals surface area (Å²) in [4.78, 5) is 23.8. The lowest BCUT2D eigenvalue weighted by atomic mass is 10.1. The van der Waals surface area contributed by atoms with Crippen LogP contribution in [0.3, 0.4) is 0 Å². The monoisotopic (exact) mass is 277 g/mol. The fourth-order valence-electron chi connectivity index (χ4n) is 1.45. The SMILES string of the molecule is CN(C)CC(C)(O)CNC(=O)CCSCC(N)=O. The summed E-state index contributed by atoms with van der Waals surface area (Å²) in [7, 11) is 3.72. The number of amides is 2. The van der Waals surface area contributed by atoms with Gasteiger partial charge < -0.3 is 21.1 Å². The maximum absolute atomic E-state index is 11.5. The van der Waals surface area contributed by atoms with Crippen molar-refractivity contribution in [2.24, 2.45) is 5.73 Å². The molecule has 0 radical (unpaired) electrons. The van der Waals surface area contributed by atoms with Crippen molar-refractivity contribution in [1.29, 1.82) is 0 Å². The summed E-state index contributed by atoms with van der Waals surface area (Å²) in [5.74, 6) is 0.260. The summed E-state index contributed by atoms with van der Waals surface area (Å²) in [5, 5.41) is 12.6. The van der Waals surface area contributed by atoms with Crippen LogP contribution in [0.5, 0.6) is 0 Å². The van der Waals surface area contributed by atoms with Crippen LogP contribution in [0, 0.1) is 0 Å². The molecule has 0 heterocycles. The lowest BCUT2D eigenvalue weighted by Gasteiger charge is -2.27. The van der Waals surface area contributed by atoms with Gasteiger partial charge in [-0.1, -0.05) is 0 Å². The molecule has 0 aliphatic carbocycles. The highest BCUT2D eigenvalue weighted by atomic mass is 32.2. The first kappa shape index (κ1) is 17.2. The van der Waals surface area contributed by atoms with Crippen LogP contribution in [-0.2, 0) is 9.59 Å². The number of primary amides is 1. The van der Waals surface area contributed by atoms with Crippen LogP contribution in [0.1, 0.15) is 13.3 Å². The van der Waals surface area contributed by atoms with Gasteiger partial charge in [0.1, 0.15) is 0 Å². The van der Waals surface area contributed by atoms with E-state index in [1.807, 2.05) is 19.0 Å². The number of rotatable bonds is 9. The average molecular weight is 277 g/mol. The lowest BCUT2D eigenvalue weighted by molar-refractivity contribution is -0.122. The number of hydrogen-bond donors (Lipinski definition) is 3. The van der Waals surface area contributed by atoms with Crippen LogP contribution < -0.4 is 11.1 Å². The molecule has 4 N–H and O–H groups in total.